The first-order chi connectivity index (χ1) is 5.27. The van der Waals surface area contributed by atoms with Gasteiger partial charge in [0.15, 0.2) is 0 Å². The molecular formula is C8H12NO2-. The Morgan fingerprint density at radius 3 is 2.45 bits per heavy atom. The molecule has 2 bridgehead atoms. The van der Waals surface area contributed by atoms with Gasteiger partial charge in [-0.05, 0) is 0 Å². The van der Waals surface area contributed by atoms with E-state index in [2.05, 4.69) is 7.05 Å². The Morgan fingerprint density at radius 2 is 1.91 bits per heavy atom. The topological polar surface area (TPSA) is 29.5 Å². The molecule has 0 spiro atoms. The lowest BCUT2D eigenvalue weighted by atomic mass is 9.94. The Morgan fingerprint density at radius 1 is 1.36 bits per heavy atom. The molecule has 2 unspecified atom stereocenters. The van der Waals surface area contributed by atoms with E-state index in [-0.39, 0.29) is 12.1 Å². The number of Topliss-reactive ketones (excluding diaryl/α,β-unsaturated/α-hetero) is 1. The molecule has 3 heteroatoms. The summed E-state index contributed by atoms with van der Waals surface area (Å²) in [6, 6.07) is 0.491. The minimum absolute atomic E-state index is 0.245. The van der Waals surface area contributed by atoms with E-state index >= 15 is 0 Å². The van der Waals surface area contributed by atoms with Gasteiger partial charge in [-0.15, -0.1) is 0 Å². The van der Waals surface area contributed by atoms with Crippen molar-refractivity contribution in [3.05, 3.63) is 7.05 Å². The molecular weight excluding hydrogens is 142 g/mol. The number of carbonyl (C=O) groups is 1. The van der Waals surface area contributed by atoms with Gasteiger partial charge in [0.25, 0.3) is 0 Å². The average molecular weight is 154 g/mol. The monoisotopic (exact) mass is 154 g/mol. The van der Waals surface area contributed by atoms with E-state index in [4.69, 9.17) is 4.74 Å². The molecule has 2 aliphatic rings. The number of ether oxygens (including phenoxy) is 1. The molecule has 0 aliphatic carbocycles. The molecule has 2 heterocycles. The summed E-state index contributed by atoms with van der Waals surface area (Å²) in [6.45, 7) is 1.34. The molecule has 3 nitrogen and oxygen atoms in total. The smallest absolute Gasteiger partial charge is 0.136 e. The van der Waals surface area contributed by atoms with Crippen LogP contribution in [0.25, 0.3) is 0 Å². The number of carbonyl (C=O) groups excluding carboxylic acids is 1. The fourth-order valence-corrected chi connectivity index (χ4v) is 1.79. The Labute approximate surface area is 66.3 Å². The summed E-state index contributed by atoms with van der Waals surface area (Å²) in [6.07, 6.45) is 1.25. The van der Waals surface area contributed by atoms with Crippen molar-refractivity contribution in [2.75, 3.05) is 13.2 Å². The third-order valence-electron chi connectivity index (χ3n) is 2.49. The number of hydrogen-bond donors (Lipinski definition) is 0. The normalized spacial score (nSPS) is 39.2. The van der Waals surface area contributed by atoms with Crippen LogP contribution in [0.3, 0.4) is 0 Å². The molecule has 62 valence electrons. The predicted octanol–water partition coefficient (Wildman–Crippen LogP) is 0.210. The number of rotatable bonds is 0. The van der Waals surface area contributed by atoms with Gasteiger partial charge in [-0.1, -0.05) is 0 Å². The molecule has 2 rings (SSSR count). The van der Waals surface area contributed by atoms with Crippen LogP contribution in [0.1, 0.15) is 12.8 Å². The largest absolute Gasteiger partial charge is 0.450 e. The lowest BCUT2D eigenvalue weighted by Gasteiger charge is -2.48. The molecule has 0 radical (unpaired) electrons. The Balaban J connectivity index is 2.12. The molecule has 0 N–H and O–H groups in total. The van der Waals surface area contributed by atoms with Crippen molar-refractivity contribution in [3.63, 3.8) is 0 Å². The highest BCUT2D eigenvalue weighted by molar-refractivity contribution is 5.80. The van der Waals surface area contributed by atoms with Crippen molar-refractivity contribution in [2.24, 2.45) is 0 Å². The second kappa shape index (κ2) is 2.57. The number of piperidine rings is 1. The van der Waals surface area contributed by atoms with Crippen LogP contribution in [0, 0.1) is 7.05 Å². The fourth-order valence-electron chi connectivity index (χ4n) is 1.79. The first kappa shape index (κ1) is 7.25. The quantitative estimate of drug-likeness (QED) is 0.467. The van der Waals surface area contributed by atoms with Crippen LogP contribution in [-0.4, -0.2) is 36.0 Å². The molecule has 0 aromatic rings. The van der Waals surface area contributed by atoms with Gasteiger partial charge in [0, 0.05) is 24.9 Å². The molecule has 2 fully saturated rings. The van der Waals surface area contributed by atoms with Gasteiger partial charge in [0.1, 0.15) is 5.78 Å². The van der Waals surface area contributed by atoms with Gasteiger partial charge in [0.2, 0.25) is 0 Å². The molecule has 0 aromatic heterocycles. The molecule has 0 saturated carbocycles. The van der Waals surface area contributed by atoms with Gasteiger partial charge in [-0.3, -0.25) is 11.8 Å². The van der Waals surface area contributed by atoms with Crippen LogP contribution in [0.5, 0.6) is 0 Å². The molecule has 2 atom stereocenters. The van der Waals surface area contributed by atoms with Crippen molar-refractivity contribution >= 4 is 5.78 Å². The maximum Gasteiger partial charge on any atom is 0.136 e. The van der Waals surface area contributed by atoms with Crippen molar-refractivity contribution in [3.8, 4) is 0 Å². The van der Waals surface area contributed by atoms with Crippen LogP contribution in [-0.2, 0) is 9.53 Å². The van der Waals surface area contributed by atoms with Gasteiger partial charge >= 0.3 is 0 Å². The van der Waals surface area contributed by atoms with Crippen LogP contribution < -0.4 is 0 Å². The van der Waals surface area contributed by atoms with Crippen LogP contribution >= 0.6 is 0 Å². The zero-order chi connectivity index (χ0) is 7.84. The summed E-state index contributed by atoms with van der Waals surface area (Å²) in [5.74, 6) is 0.364. The number of morpholine rings is 1. The van der Waals surface area contributed by atoms with Crippen molar-refractivity contribution in [1.82, 2.24) is 4.90 Å². The Hall–Kier alpha value is -0.410. The van der Waals surface area contributed by atoms with Gasteiger partial charge < -0.3 is 9.64 Å². The molecule has 11 heavy (non-hydrogen) atoms. The van der Waals surface area contributed by atoms with Gasteiger partial charge in [-0.2, -0.15) is 0 Å². The summed E-state index contributed by atoms with van der Waals surface area (Å²) >= 11 is 0. The highest BCUT2D eigenvalue weighted by atomic mass is 16.5. The minimum atomic E-state index is 0.245. The summed E-state index contributed by atoms with van der Waals surface area (Å²) in [5.41, 5.74) is 0. The summed E-state index contributed by atoms with van der Waals surface area (Å²) in [4.78, 5) is 13.1. The number of hydrogen-bond acceptors (Lipinski definition) is 3. The highest BCUT2D eigenvalue weighted by Gasteiger charge is 2.31. The number of ketones is 1. The zero-order valence-corrected chi connectivity index (χ0v) is 6.45. The maximum atomic E-state index is 11.1. The summed E-state index contributed by atoms with van der Waals surface area (Å²) in [7, 11) is 3.92. The maximum absolute atomic E-state index is 11.1. The third-order valence-corrected chi connectivity index (χ3v) is 2.49. The van der Waals surface area contributed by atoms with Crippen molar-refractivity contribution < 1.29 is 9.53 Å². The molecule has 0 amide bonds. The van der Waals surface area contributed by atoms with E-state index in [0.29, 0.717) is 31.8 Å². The second-order valence-electron chi connectivity index (χ2n) is 3.31. The molecule has 0 aromatic carbocycles. The van der Waals surface area contributed by atoms with E-state index in [1.807, 2.05) is 4.90 Å². The minimum Gasteiger partial charge on any atom is -0.450 e. The lowest BCUT2D eigenvalue weighted by Crippen LogP contribution is -2.54. The van der Waals surface area contributed by atoms with Crippen LogP contribution in [0.2, 0.25) is 0 Å². The van der Waals surface area contributed by atoms with Crippen LogP contribution in [0.15, 0.2) is 0 Å². The van der Waals surface area contributed by atoms with Crippen molar-refractivity contribution in [2.45, 2.75) is 24.9 Å². The van der Waals surface area contributed by atoms with E-state index in [0.717, 1.165) is 0 Å². The summed E-state index contributed by atoms with van der Waals surface area (Å²) in [5, 5.41) is 0. The first-order valence-corrected chi connectivity index (χ1v) is 3.95. The van der Waals surface area contributed by atoms with E-state index in [1.165, 1.54) is 0 Å². The second-order valence-corrected chi connectivity index (χ2v) is 3.31. The van der Waals surface area contributed by atoms with Gasteiger partial charge in [-0.25, -0.2) is 0 Å². The standard InChI is InChI=1S/C8H12NO2/c1-9-6-2-8(10)3-7(9)5-11-4-6/h6-7H,1-5H2/q-1. The lowest BCUT2D eigenvalue weighted by molar-refractivity contribution is -0.132. The summed E-state index contributed by atoms with van der Waals surface area (Å²) < 4.78 is 5.32. The molecule has 2 aliphatic heterocycles. The van der Waals surface area contributed by atoms with Gasteiger partial charge in [0.05, 0.1) is 13.2 Å². The predicted molar refractivity (Wildman–Crippen MR) is 39.8 cm³/mol. The van der Waals surface area contributed by atoms with Crippen LogP contribution in [0.4, 0.5) is 0 Å². The number of nitrogens with zero attached hydrogens (tertiary/aromatic N) is 1. The number of fused-ring (bicyclic) bond motifs is 2. The van der Waals surface area contributed by atoms with E-state index in [1.54, 1.807) is 0 Å². The van der Waals surface area contributed by atoms with Crippen molar-refractivity contribution in [1.29, 1.82) is 0 Å². The average Bonchev–Trinajstić information content (AvgIpc) is 1.92. The van der Waals surface area contributed by atoms with E-state index in [9.17, 15) is 4.79 Å². The molecule has 2 saturated heterocycles. The fraction of sp³-hybridized carbons (Fsp3) is 0.750. The first-order valence-electron chi connectivity index (χ1n) is 3.95. The van der Waals surface area contributed by atoms with E-state index < -0.39 is 0 Å². The Bertz CT molecular complexity index is 165. The Kier molecular flexibility index (Phi) is 1.69. The SMILES string of the molecule is [CH2-]N1C2COCC1CC(=O)C2. The zero-order valence-electron chi connectivity index (χ0n) is 6.45. The third kappa shape index (κ3) is 1.19. The highest BCUT2D eigenvalue weighted by Crippen LogP contribution is 2.23.